The SMILES string of the molecule is CNc1ccccc1CCN(C=O)C1CCN(C(=O)O[C@H](Cc2cc(C)c3c(c2)n(C)c(=O)n3C)C(=O)N2CCC(C3CCN(S(C)(=O)=O)CC3)CC2)CC1. The molecule has 4 heterocycles. The second-order valence-corrected chi connectivity index (χ2v) is 17.6. The number of aryl methyl sites for hydroxylation is 3. The van der Waals surface area contributed by atoms with Gasteiger partial charge in [0.1, 0.15) is 0 Å². The molecule has 1 atom stereocenters. The second kappa shape index (κ2) is 17.2. The lowest BCUT2D eigenvalue weighted by Gasteiger charge is -2.40. The number of benzene rings is 2. The van der Waals surface area contributed by atoms with Crippen molar-refractivity contribution >= 4 is 45.2 Å². The van der Waals surface area contributed by atoms with Crippen molar-refractivity contribution in [2.45, 2.75) is 70.4 Å². The number of carbonyl (C=O) groups is 3. The number of para-hydroxylation sites is 1. The number of fused-ring (bicyclic) bond motifs is 1. The highest BCUT2D eigenvalue weighted by Crippen LogP contribution is 2.34. The first-order valence-electron chi connectivity index (χ1n) is 19.6. The predicted molar refractivity (Wildman–Crippen MR) is 212 cm³/mol. The van der Waals surface area contributed by atoms with Gasteiger partial charge in [-0.1, -0.05) is 24.3 Å². The summed E-state index contributed by atoms with van der Waals surface area (Å²) in [6.45, 7) is 5.47. The highest BCUT2D eigenvalue weighted by atomic mass is 32.2. The van der Waals surface area contributed by atoms with Crippen LogP contribution in [0, 0.1) is 18.8 Å². The maximum atomic E-state index is 14.3. The number of sulfonamides is 1. The minimum Gasteiger partial charge on any atom is -0.436 e. The molecule has 2 aromatic carbocycles. The minimum absolute atomic E-state index is 0.00662. The van der Waals surface area contributed by atoms with Crippen LogP contribution in [-0.2, 0) is 51.3 Å². The monoisotopic (exact) mass is 779 g/mol. The summed E-state index contributed by atoms with van der Waals surface area (Å²) in [7, 11) is 2.15. The normalized spacial score (nSPS) is 18.7. The number of carbonyl (C=O) groups excluding carboxylic acids is 3. The van der Waals surface area contributed by atoms with Crippen molar-refractivity contribution < 1.29 is 27.5 Å². The van der Waals surface area contributed by atoms with E-state index in [1.807, 2.05) is 54.1 Å². The lowest BCUT2D eigenvalue weighted by Crippen LogP contribution is -2.50. The van der Waals surface area contributed by atoms with Crippen LogP contribution in [0.25, 0.3) is 11.0 Å². The van der Waals surface area contributed by atoms with E-state index in [1.54, 1.807) is 32.4 Å². The van der Waals surface area contributed by atoms with Crippen molar-refractivity contribution in [3.8, 4) is 0 Å². The van der Waals surface area contributed by atoms with Gasteiger partial charge in [0.2, 0.25) is 16.4 Å². The van der Waals surface area contributed by atoms with Crippen molar-refractivity contribution in [2.75, 3.05) is 64.4 Å². The van der Waals surface area contributed by atoms with Gasteiger partial charge in [0.25, 0.3) is 5.91 Å². The van der Waals surface area contributed by atoms with Gasteiger partial charge in [-0.15, -0.1) is 0 Å². The van der Waals surface area contributed by atoms with Gasteiger partial charge in [0, 0.05) is 85.1 Å². The lowest BCUT2D eigenvalue weighted by molar-refractivity contribution is -0.142. The fourth-order valence-corrected chi connectivity index (χ4v) is 9.94. The molecule has 0 saturated carbocycles. The molecule has 14 nitrogen and oxygen atoms in total. The van der Waals surface area contributed by atoms with Gasteiger partial charge in [0.05, 0.1) is 17.3 Å². The summed E-state index contributed by atoms with van der Waals surface area (Å²) < 4.78 is 34.9. The topological polar surface area (TPSA) is 146 Å². The molecule has 0 aliphatic carbocycles. The Balaban J connectivity index is 1.11. The fraction of sp³-hybridized carbons (Fsp3) is 0.600. The number of likely N-dealkylation sites (tertiary alicyclic amines) is 2. The molecule has 3 aromatic rings. The largest absolute Gasteiger partial charge is 0.436 e. The van der Waals surface area contributed by atoms with Crippen molar-refractivity contribution in [3.63, 3.8) is 0 Å². The van der Waals surface area contributed by atoms with Crippen molar-refractivity contribution in [1.82, 2.24) is 28.1 Å². The number of amides is 3. The molecule has 3 aliphatic rings. The van der Waals surface area contributed by atoms with E-state index in [1.165, 1.54) is 6.26 Å². The smallest absolute Gasteiger partial charge is 0.410 e. The maximum absolute atomic E-state index is 14.3. The Hall–Kier alpha value is -4.37. The first kappa shape index (κ1) is 40.3. The second-order valence-electron chi connectivity index (χ2n) is 15.6. The number of anilines is 1. The zero-order chi connectivity index (χ0) is 39.4. The number of piperidine rings is 3. The summed E-state index contributed by atoms with van der Waals surface area (Å²) in [6, 6.07) is 11.9. The van der Waals surface area contributed by atoms with Crippen molar-refractivity contribution in [1.29, 1.82) is 0 Å². The van der Waals surface area contributed by atoms with Crippen molar-refractivity contribution in [2.24, 2.45) is 25.9 Å². The Bertz CT molecular complexity index is 2020. The molecule has 3 fully saturated rings. The number of nitrogens with one attached hydrogen (secondary N) is 1. The van der Waals surface area contributed by atoms with Gasteiger partial charge in [-0.3, -0.25) is 18.7 Å². The fourth-order valence-electron chi connectivity index (χ4n) is 9.06. The van der Waals surface area contributed by atoms with Crippen LogP contribution in [0.5, 0.6) is 0 Å². The lowest BCUT2D eigenvalue weighted by atomic mass is 9.79. The van der Waals surface area contributed by atoms with Crippen LogP contribution in [-0.4, -0.2) is 126 Å². The number of hydrogen-bond donors (Lipinski definition) is 1. The molecule has 0 bridgehead atoms. The average molecular weight is 780 g/mol. The van der Waals surface area contributed by atoms with Gasteiger partial charge in [0.15, 0.2) is 6.10 Å². The van der Waals surface area contributed by atoms with Crippen LogP contribution in [0.1, 0.15) is 55.2 Å². The summed E-state index contributed by atoms with van der Waals surface area (Å²) >= 11 is 0. The van der Waals surface area contributed by atoms with E-state index in [-0.39, 0.29) is 24.1 Å². The van der Waals surface area contributed by atoms with Crippen molar-refractivity contribution in [3.05, 3.63) is 63.6 Å². The Labute approximate surface area is 324 Å². The summed E-state index contributed by atoms with van der Waals surface area (Å²) in [5, 5.41) is 3.21. The number of ether oxygens (including phenoxy) is 1. The predicted octanol–water partition coefficient (Wildman–Crippen LogP) is 3.35. The molecular formula is C40H57N7O7S. The van der Waals surface area contributed by atoms with Gasteiger partial charge in [-0.2, -0.15) is 0 Å². The molecule has 1 aromatic heterocycles. The van der Waals surface area contributed by atoms with E-state index in [9.17, 15) is 27.6 Å². The van der Waals surface area contributed by atoms with Crippen LogP contribution in [0.4, 0.5) is 10.5 Å². The molecule has 55 heavy (non-hydrogen) atoms. The third-order valence-electron chi connectivity index (χ3n) is 12.3. The molecule has 0 unspecified atom stereocenters. The third-order valence-corrected chi connectivity index (χ3v) is 13.6. The molecule has 0 radical (unpaired) electrons. The summed E-state index contributed by atoms with van der Waals surface area (Å²) in [5.41, 5.74) is 5.29. The van der Waals surface area contributed by atoms with Crippen LogP contribution < -0.4 is 11.0 Å². The van der Waals surface area contributed by atoms with E-state index >= 15 is 0 Å². The van der Waals surface area contributed by atoms with E-state index in [4.69, 9.17) is 4.74 Å². The standard InChI is InChI=1S/C40H57N7O7S/c1-28-24-29(25-35-37(28)43(4)39(50)42(35)3)26-36(38(49)44-17-10-30(11-18-44)31-13-22-47(23-14-31)55(5,52)53)54-40(51)45-20-15-33(16-21-45)46(27-48)19-12-32-8-6-7-9-34(32)41-2/h6-9,24-25,27,30-31,33,36,41H,10-23,26H2,1-5H3/t36-/m1/s1. The van der Waals surface area contributed by atoms with Gasteiger partial charge < -0.3 is 24.8 Å². The van der Waals surface area contributed by atoms with E-state index in [2.05, 4.69) is 11.4 Å². The number of hydrogen-bond acceptors (Lipinski definition) is 8. The van der Waals surface area contributed by atoms with Crippen LogP contribution >= 0.6 is 0 Å². The number of imidazole rings is 1. The molecule has 0 spiro atoms. The van der Waals surface area contributed by atoms with Gasteiger partial charge in [-0.05, 0) is 92.5 Å². The number of aromatic nitrogens is 2. The molecule has 6 rings (SSSR count). The first-order chi connectivity index (χ1) is 26.3. The summed E-state index contributed by atoms with van der Waals surface area (Å²) in [4.78, 5) is 58.3. The Kier molecular flexibility index (Phi) is 12.6. The zero-order valence-corrected chi connectivity index (χ0v) is 33.7. The highest BCUT2D eigenvalue weighted by Gasteiger charge is 2.37. The van der Waals surface area contributed by atoms with Gasteiger partial charge >= 0.3 is 11.8 Å². The quantitative estimate of drug-likeness (QED) is 0.276. The number of nitrogens with zero attached hydrogens (tertiary/aromatic N) is 6. The van der Waals surface area contributed by atoms with Crippen LogP contribution in [0.3, 0.4) is 0 Å². The van der Waals surface area contributed by atoms with Gasteiger partial charge in [-0.25, -0.2) is 22.3 Å². The molecular weight excluding hydrogens is 723 g/mol. The molecule has 1 N–H and O–H groups in total. The Morgan fingerprint density at radius 1 is 0.927 bits per heavy atom. The minimum atomic E-state index is -3.19. The molecule has 3 amide bonds. The van der Waals surface area contributed by atoms with E-state index in [0.29, 0.717) is 76.9 Å². The maximum Gasteiger partial charge on any atom is 0.410 e. The number of rotatable bonds is 12. The Morgan fingerprint density at radius 2 is 1.55 bits per heavy atom. The summed E-state index contributed by atoms with van der Waals surface area (Å²) in [5.74, 6) is 0.585. The summed E-state index contributed by atoms with van der Waals surface area (Å²) in [6.07, 6.45) is 5.92. The van der Waals surface area contributed by atoms with Crippen LogP contribution in [0.15, 0.2) is 41.2 Å². The Morgan fingerprint density at radius 3 is 2.16 bits per heavy atom. The van der Waals surface area contributed by atoms with E-state index in [0.717, 1.165) is 65.5 Å². The molecule has 3 aliphatic heterocycles. The highest BCUT2D eigenvalue weighted by molar-refractivity contribution is 7.88. The zero-order valence-electron chi connectivity index (χ0n) is 32.9. The first-order valence-corrected chi connectivity index (χ1v) is 21.4. The molecule has 3 saturated heterocycles. The van der Waals surface area contributed by atoms with Crippen LogP contribution in [0.2, 0.25) is 0 Å². The molecule has 15 heteroatoms. The molecule has 300 valence electrons. The third kappa shape index (κ3) is 9.04. The van der Waals surface area contributed by atoms with E-state index < -0.39 is 22.2 Å². The average Bonchev–Trinajstić information content (AvgIpc) is 3.41.